The lowest BCUT2D eigenvalue weighted by molar-refractivity contribution is 0.0945. The van der Waals surface area contributed by atoms with Crippen LogP contribution in [-0.4, -0.2) is 22.8 Å². The maximum absolute atomic E-state index is 12.3. The highest BCUT2D eigenvalue weighted by Crippen LogP contribution is 2.24. The molecule has 3 rings (SSSR count). The number of nitrogens with one attached hydrogen (secondary N) is 1. The van der Waals surface area contributed by atoms with Gasteiger partial charge in [-0.2, -0.15) is 5.10 Å². The monoisotopic (exact) mass is 327 g/mol. The summed E-state index contributed by atoms with van der Waals surface area (Å²) < 4.78 is 6.85. The van der Waals surface area contributed by atoms with E-state index in [1.54, 1.807) is 23.1 Å². The van der Waals surface area contributed by atoms with Crippen LogP contribution >= 0.6 is 11.3 Å². The van der Waals surface area contributed by atoms with Gasteiger partial charge in [-0.1, -0.05) is 18.2 Å². The molecule has 2 aromatic heterocycles. The van der Waals surface area contributed by atoms with Gasteiger partial charge in [-0.05, 0) is 35.2 Å². The molecule has 6 heteroatoms. The minimum absolute atomic E-state index is 0.181. The fraction of sp³-hybridized carbons (Fsp3) is 0.176. The smallest absolute Gasteiger partial charge is 0.272 e. The number of hydrogen-bond acceptors (Lipinski definition) is 4. The van der Waals surface area contributed by atoms with E-state index in [9.17, 15) is 4.79 Å². The van der Waals surface area contributed by atoms with Crippen molar-refractivity contribution in [3.8, 4) is 16.3 Å². The molecule has 0 aliphatic heterocycles. The van der Waals surface area contributed by atoms with Crippen molar-refractivity contribution < 1.29 is 9.53 Å². The van der Waals surface area contributed by atoms with Gasteiger partial charge in [-0.3, -0.25) is 9.48 Å². The van der Waals surface area contributed by atoms with Gasteiger partial charge in [0.1, 0.15) is 5.75 Å². The van der Waals surface area contributed by atoms with Crippen molar-refractivity contribution in [3.63, 3.8) is 0 Å². The third kappa shape index (κ3) is 3.43. The first kappa shape index (κ1) is 15.3. The van der Waals surface area contributed by atoms with E-state index in [2.05, 4.69) is 10.4 Å². The van der Waals surface area contributed by atoms with E-state index >= 15 is 0 Å². The molecule has 0 fully saturated rings. The summed E-state index contributed by atoms with van der Waals surface area (Å²) in [6, 6.07) is 13.4. The number of aryl methyl sites for hydroxylation is 1. The average molecular weight is 327 g/mol. The Morgan fingerprint density at radius 1 is 1.30 bits per heavy atom. The Balaban J connectivity index is 1.67. The number of thiophene rings is 1. The summed E-state index contributed by atoms with van der Waals surface area (Å²) in [5.41, 5.74) is 2.37. The molecule has 0 aliphatic rings. The van der Waals surface area contributed by atoms with Gasteiger partial charge < -0.3 is 10.1 Å². The molecule has 0 saturated heterocycles. The largest absolute Gasteiger partial charge is 0.497 e. The van der Waals surface area contributed by atoms with Crippen LogP contribution in [0, 0.1) is 0 Å². The van der Waals surface area contributed by atoms with Crippen molar-refractivity contribution >= 4 is 17.2 Å². The van der Waals surface area contributed by atoms with Gasteiger partial charge in [-0.25, -0.2) is 0 Å². The third-order valence-electron chi connectivity index (χ3n) is 3.50. The van der Waals surface area contributed by atoms with Crippen LogP contribution in [0.25, 0.3) is 10.6 Å². The Morgan fingerprint density at radius 3 is 2.74 bits per heavy atom. The number of hydrogen-bond donors (Lipinski definition) is 1. The molecule has 23 heavy (non-hydrogen) atoms. The highest BCUT2D eigenvalue weighted by atomic mass is 32.1. The molecule has 0 spiro atoms. The SMILES string of the molecule is COc1ccc(CNC(=O)c2cc(-c3cccs3)n(C)n2)cc1. The van der Waals surface area contributed by atoms with Crippen molar-refractivity contribution in [1.29, 1.82) is 0 Å². The molecule has 0 atom stereocenters. The van der Waals surface area contributed by atoms with Gasteiger partial charge in [-0.15, -0.1) is 11.3 Å². The van der Waals surface area contributed by atoms with Gasteiger partial charge in [0.05, 0.1) is 17.7 Å². The minimum atomic E-state index is -0.181. The van der Waals surface area contributed by atoms with Crippen molar-refractivity contribution in [3.05, 3.63) is 59.1 Å². The van der Waals surface area contributed by atoms with Gasteiger partial charge in [0.2, 0.25) is 0 Å². The summed E-state index contributed by atoms with van der Waals surface area (Å²) in [4.78, 5) is 13.4. The highest BCUT2D eigenvalue weighted by molar-refractivity contribution is 7.13. The first-order valence-corrected chi connectivity index (χ1v) is 8.04. The van der Waals surface area contributed by atoms with Crippen LogP contribution < -0.4 is 10.1 Å². The molecule has 0 aliphatic carbocycles. The van der Waals surface area contributed by atoms with Crippen molar-refractivity contribution in [2.24, 2.45) is 7.05 Å². The maximum Gasteiger partial charge on any atom is 0.272 e. The molecule has 118 valence electrons. The third-order valence-corrected chi connectivity index (χ3v) is 4.39. The first-order chi connectivity index (χ1) is 11.2. The Labute approximate surface area is 138 Å². The number of aromatic nitrogens is 2. The summed E-state index contributed by atoms with van der Waals surface area (Å²) >= 11 is 1.62. The highest BCUT2D eigenvalue weighted by Gasteiger charge is 2.14. The number of nitrogens with zero attached hydrogens (tertiary/aromatic N) is 2. The van der Waals surface area contributed by atoms with E-state index in [-0.39, 0.29) is 5.91 Å². The second-order valence-corrected chi connectivity index (χ2v) is 5.99. The lowest BCUT2D eigenvalue weighted by Gasteiger charge is -2.04. The Bertz CT molecular complexity index is 792. The molecule has 2 heterocycles. The predicted octanol–water partition coefficient (Wildman–Crippen LogP) is 3.09. The molecule has 0 bridgehead atoms. The standard InChI is InChI=1S/C17H17N3O2S/c1-20-15(16-4-3-9-23-16)10-14(19-20)17(21)18-11-12-5-7-13(22-2)8-6-12/h3-10H,11H2,1-2H3,(H,18,21). The second kappa shape index (κ2) is 6.66. The van der Waals surface area contributed by atoms with Gasteiger partial charge >= 0.3 is 0 Å². The molecule has 1 amide bonds. The average Bonchev–Trinajstić information content (AvgIpc) is 3.22. The van der Waals surface area contributed by atoms with Crippen LogP contribution in [0.1, 0.15) is 16.1 Å². The van der Waals surface area contributed by atoms with E-state index in [4.69, 9.17) is 4.74 Å². The number of carbonyl (C=O) groups is 1. The number of amides is 1. The van der Waals surface area contributed by atoms with Gasteiger partial charge in [0.25, 0.3) is 5.91 Å². The summed E-state index contributed by atoms with van der Waals surface area (Å²) in [5, 5.41) is 9.19. The Hall–Kier alpha value is -2.60. The van der Waals surface area contributed by atoms with Gasteiger partial charge in [0.15, 0.2) is 5.69 Å². The molecule has 3 aromatic rings. The minimum Gasteiger partial charge on any atom is -0.497 e. The van der Waals surface area contributed by atoms with Crippen LogP contribution in [0.2, 0.25) is 0 Å². The fourth-order valence-corrected chi connectivity index (χ4v) is 3.02. The quantitative estimate of drug-likeness (QED) is 0.783. The Kier molecular flexibility index (Phi) is 4.43. The topological polar surface area (TPSA) is 56.1 Å². The molecular weight excluding hydrogens is 310 g/mol. The lowest BCUT2D eigenvalue weighted by Crippen LogP contribution is -2.23. The molecule has 5 nitrogen and oxygen atoms in total. The number of methoxy groups -OCH3 is 1. The number of rotatable bonds is 5. The summed E-state index contributed by atoms with van der Waals surface area (Å²) in [7, 11) is 3.47. The van der Waals surface area contributed by atoms with Crippen LogP contribution in [0.4, 0.5) is 0 Å². The van der Waals surface area contributed by atoms with Crippen LogP contribution in [0.5, 0.6) is 5.75 Å². The van der Waals surface area contributed by atoms with Crippen LogP contribution in [-0.2, 0) is 13.6 Å². The Morgan fingerprint density at radius 2 is 2.09 bits per heavy atom. The number of ether oxygens (including phenoxy) is 1. The predicted molar refractivity (Wildman–Crippen MR) is 90.7 cm³/mol. The second-order valence-electron chi connectivity index (χ2n) is 5.05. The molecule has 0 saturated carbocycles. The van der Waals surface area contributed by atoms with Crippen molar-refractivity contribution in [2.75, 3.05) is 7.11 Å². The first-order valence-electron chi connectivity index (χ1n) is 7.16. The zero-order valence-electron chi connectivity index (χ0n) is 12.9. The van der Waals surface area contributed by atoms with Crippen LogP contribution in [0.3, 0.4) is 0 Å². The molecule has 0 unspecified atom stereocenters. The van der Waals surface area contributed by atoms with E-state index in [1.165, 1.54) is 0 Å². The molecule has 0 radical (unpaired) electrons. The molecular formula is C17H17N3O2S. The van der Waals surface area contributed by atoms with Crippen molar-refractivity contribution in [2.45, 2.75) is 6.54 Å². The summed E-state index contributed by atoms with van der Waals surface area (Å²) in [6.07, 6.45) is 0. The van der Waals surface area contributed by atoms with E-state index in [1.807, 2.05) is 54.9 Å². The number of carbonyl (C=O) groups excluding carboxylic acids is 1. The van der Waals surface area contributed by atoms with E-state index in [0.29, 0.717) is 12.2 Å². The van der Waals surface area contributed by atoms with Crippen LogP contribution in [0.15, 0.2) is 47.8 Å². The lowest BCUT2D eigenvalue weighted by atomic mass is 10.2. The van der Waals surface area contributed by atoms with Gasteiger partial charge in [0, 0.05) is 13.6 Å². The van der Waals surface area contributed by atoms with E-state index in [0.717, 1.165) is 21.9 Å². The zero-order valence-corrected chi connectivity index (χ0v) is 13.8. The molecule has 1 N–H and O–H groups in total. The zero-order chi connectivity index (χ0) is 16.2. The summed E-state index contributed by atoms with van der Waals surface area (Å²) in [5.74, 6) is 0.615. The van der Waals surface area contributed by atoms with E-state index < -0.39 is 0 Å². The molecule has 1 aromatic carbocycles. The summed E-state index contributed by atoms with van der Waals surface area (Å²) in [6.45, 7) is 0.452. The normalized spacial score (nSPS) is 10.5. The maximum atomic E-state index is 12.3. The fourth-order valence-electron chi connectivity index (χ4n) is 2.25. The van der Waals surface area contributed by atoms with Crippen molar-refractivity contribution in [1.82, 2.24) is 15.1 Å². The number of benzene rings is 1.